The van der Waals surface area contributed by atoms with Crippen LogP contribution in [0.15, 0.2) is 29.2 Å². The number of carbonyl (C=O) groups excluding carboxylic acids is 2. The third kappa shape index (κ3) is 3.99. The van der Waals surface area contributed by atoms with E-state index in [1.165, 1.54) is 29.4 Å². The average molecular weight is 350 g/mol. The molecule has 0 radical (unpaired) electrons. The Morgan fingerprint density at radius 1 is 1.33 bits per heavy atom. The molecule has 0 saturated carbocycles. The zero-order valence-corrected chi connectivity index (χ0v) is 14.1. The van der Waals surface area contributed by atoms with Crippen LogP contribution in [0.3, 0.4) is 0 Å². The minimum atomic E-state index is -3.71. The number of hydrogen-bond donors (Lipinski definition) is 0. The fraction of sp³-hybridized carbons (Fsp3) is 0.438. The van der Waals surface area contributed by atoms with Crippen molar-refractivity contribution >= 4 is 21.8 Å². The van der Waals surface area contributed by atoms with E-state index in [-0.39, 0.29) is 30.4 Å². The molecule has 24 heavy (non-hydrogen) atoms. The number of Topliss-reactive ketones (excluding diaryl/α,β-unsaturated/α-hetero) is 1. The minimum absolute atomic E-state index is 0.0701. The fourth-order valence-electron chi connectivity index (χ4n) is 2.58. The summed E-state index contributed by atoms with van der Waals surface area (Å²) in [6.45, 7) is 1.47. The lowest BCUT2D eigenvalue weighted by molar-refractivity contribution is -0.148. The van der Waals surface area contributed by atoms with Gasteiger partial charge in [-0.25, -0.2) is 8.42 Å². The summed E-state index contributed by atoms with van der Waals surface area (Å²) in [5.41, 5.74) is 0.339. The predicted molar refractivity (Wildman–Crippen MR) is 84.5 cm³/mol. The van der Waals surface area contributed by atoms with E-state index in [1.807, 2.05) is 0 Å². The number of esters is 1. The molecule has 128 valence electrons. The molecule has 1 heterocycles. The van der Waals surface area contributed by atoms with Gasteiger partial charge >= 0.3 is 5.97 Å². The highest BCUT2D eigenvalue weighted by Gasteiger charge is 2.32. The number of benzene rings is 1. The molecular formula is C16H18N2O5S. The number of hydrogen-bond acceptors (Lipinski definition) is 6. The predicted octanol–water partition coefficient (Wildman–Crippen LogP) is 1.36. The first-order valence-corrected chi connectivity index (χ1v) is 8.95. The number of carbonyl (C=O) groups is 2. The number of piperidine rings is 1. The van der Waals surface area contributed by atoms with Gasteiger partial charge in [0.2, 0.25) is 10.0 Å². The van der Waals surface area contributed by atoms with Gasteiger partial charge in [-0.05, 0) is 31.9 Å². The first-order chi connectivity index (χ1) is 11.4. The fourth-order valence-corrected chi connectivity index (χ4v) is 4.09. The van der Waals surface area contributed by atoms with Gasteiger partial charge in [0.1, 0.15) is 6.07 Å². The van der Waals surface area contributed by atoms with Crippen LogP contribution >= 0.6 is 0 Å². The van der Waals surface area contributed by atoms with Crippen molar-refractivity contribution in [1.29, 1.82) is 5.26 Å². The number of nitrogens with zero attached hydrogens (tertiary/aromatic N) is 2. The summed E-state index contributed by atoms with van der Waals surface area (Å²) in [5, 5.41) is 8.41. The summed E-state index contributed by atoms with van der Waals surface area (Å²) in [6.07, 6.45) is 0.686. The maximum Gasteiger partial charge on any atom is 0.310 e. The largest absolute Gasteiger partial charge is 0.450 e. The van der Waals surface area contributed by atoms with E-state index >= 15 is 0 Å². The summed E-state index contributed by atoms with van der Waals surface area (Å²) in [6, 6.07) is 7.65. The van der Waals surface area contributed by atoms with E-state index in [0.717, 1.165) is 0 Å². The molecule has 1 saturated heterocycles. The highest BCUT2D eigenvalue weighted by atomic mass is 32.2. The topological polar surface area (TPSA) is 105 Å². The number of ether oxygens (including phenoxy) is 1. The molecule has 1 aliphatic heterocycles. The standard InChI is InChI=1S/C16H18N2O5S/c1-12(19)14-3-2-4-15(11-14)24(21,22)18-8-5-13(6-9-18)16(20)23-10-7-17/h2-4,11,13H,5-6,8-10H2,1H3. The van der Waals surface area contributed by atoms with Crippen LogP contribution in [0, 0.1) is 17.2 Å². The molecular weight excluding hydrogens is 332 g/mol. The quantitative estimate of drug-likeness (QED) is 0.586. The van der Waals surface area contributed by atoms with Crippen molar-refractivity contribution in [2.75, 3.05) is 19.7 Å². The van der Waals surface area contributed by atoms with Crippen molar-refractivity contribution in [2.24, 2.45) is 5.92 Å². The lowest BCUT2D eigenvalue weighted by atomic mass is 9.98. The molecule has 0 N–H and O–H groups in total. The van der Waals surface area contributed by atoms with E-state index in [1.54, 1.807) is 12.1 Å². The summed E-state index contributed by atoms with van der Waals surface area (Å²) in [4.78, 5) is 23.2. The van der Waals surface area contributed by atoms with Crippen molar-refractivity contribution in [3.63, 3.8) is 0 Å². The molecule has 0 atom stereocenters. The number of nitriles is 1. The minimum Gasteiger partial charge on any atom is -0.450 e. The molecule has 1 aromatic carbocycles. The summed E-state index contributed by atoms with van der Waals surface area (Å²) >= 11 is 0. The zero-order valence-electron chi connectivity index (χ0n) is 13.3. The van der Waals surface area contributed by atoms with Crippen LogP contribution in [0.1, 0.15) is 30.1 Å². The third-order valence-electron chi connectivity index (χ3n) is 3.94. The van der Waals surface area contributed by atoms with Crippen LogP contribution in [0.25, 0.3) is 0 Å². The third-order valence-corrected chi connectivity index (χ3v) is 5.84. The Balaban J connectivity index is 2.08. The Bertz CT molecular complexity index is 774. The van der Waals surface area contributed by atoms with Crippen molar-refractivity contribution in [3.05, 3.63) is 29.8 Å². The van der Waals surface area contributed by atoms with E-state index in [4.69, 9.17) is 10.00 Å². The highest BCUT2D eigenvalue weighted by molar-refractivity contribution is 7.89. The first-order valence-electron chi connectivity index (χ1n) is 7.51. The number of rotatable bonds is 5. The van der Waals surface area contributed by atoms with Crippen molar-refractivity contribution < 1.29 is 22.7 Å². The molecule has 7 nitrogen and oxygen atoms in total. The molecule has 0 aliphatic carbocycles. The van der Waals surface area contributed by atoms with E-state index in [0.29, 0.717) is 18.4 Å². The molecule has 1 aromatic rings. The molecule has 2 rings (SSSR count). The molecule has 0 amide bonds. The summed E-state index contributed by atoms with van der Waals surface area (Å²) in [7, 11) is -3.71. The van der Waals surface area contributed by atoms with E-state index < -0.39 is 21.9 Å². The van der Waals surface area contributed by atoms with Crippen LogP contribution < -0.4 is 0 Å². The molecule has 0 unspecified atom stereocenters. The Morgan fingerprint density at radius 3 is 2.58 bits per heavy atom. The van der Waals surface area contributed by atoms with Crippen LogP contribution in [0.2, 0.25) is 0 Å². The van der Waals surface area contributed by atoms with Crippen LogP contribution in [0.4, 0.5) is 0 Å². The normalized spacial score (nSPS) is 16.3. The van der Waals surface area contributed by atoms with Gasteiger partial charge < -0.3 is 4.74 Å². The zero-order chi connectivity index (χ0) is 17.7. The summed E-state index contributed by atoms with van der Waals surface area (Å²) in [5.74, 6) is -1.06. The van der Waals surface area contributed by atoms with Crippen molar-refractivity contribution in [1.82, 2.24) is 4.31 Å². The van der Waals surface area contributed by atoms with Gasteiger partial charge in [0, 0.05) is 18.7 Å². The van der Waals surface area contributed by atoms with Gasteiger partial charge in [0.15, 0.2) is 12.4 Å². The lowest BCUT2D eigenvalue weighted by Crippen LogP contribution is -2.40. The van der Waals surface area contributed by atoms with Crippen LogP contribution in [0.5, 0.6) is 0 Å². The van der Waals surface area contributed by atoms with Crippen molar-refractivity contribution in [2.45, 2.75) is 24.7 Å². The van der Waals surface area contributed by atoms with Gasteiger partial charge in [-0.15, -0.1) is 0 Å². The molecule has 0 aromatic heterocycles. The van der Waals surface area contributed by atoms with E-state index in [2.05, 4.69) is 0 Å². The Morgan fingerprint density at radius 2 is 2.00 bits per heavy atom. The second kappa shape index (κ2) is 7.55. The maximum absolute atomic E-state index is 12.7. The second-order valence-electron chi connectivity index (χ2n) is 5.53. The molecule has 8 heteroatoms. The Hall–Kier alpha value is -2.24. The molecule has 0 spiro atoms. The Labute approximate surface area is 140 Å². The highest BCUT2D eigenvalue weighted by Crippen LogP contribution is 2.25. The number of ketones is 1. The van der Waals surface area contributed by atoms with Crippen LogP contribution in [-0.2, 0) is 19.6 Å². The molecule has 1 aliphatic rings. The second-order valence-corrected chi connectivity index (χ2v) is 7.47. The average Bonchev–Trinajstić information content (AvgIpc) is 2.59. The summed E-state index contributed by atoms with van der Waals surface area (Å²) < 4.78 is 31.4. The van der Waals surface area contributed by atoms with Crippen LogP contribution in [-0.4, -0.2) is 44.2 Å². The smallest absolute Gasteiger partial charge is 0.310 e. The maximum atomic E-state index is 12.7. The SMILES string of the molecule is CC(=O)c1cccc(S(=O)(=O)N2CCC(C(=O)OCC#N)CC2)c1. The molecule has 0 bridgehead atoms. The van der Waals surface area contributed by atoms with Gasteiger partial charge in [0.25, 0.3) is 0 Å². The van der Waals surface area contributed by atoms with E-state index in [9.17, 15) is 18.0 Å². The lowest BCUT2D eigenvalue weighted by Gasteiger charge is -2.30. The van der Waals surface area contributed by atoms with Gasteiger partial charge in [-0.1, -0.05) is 12.1 Å². The first kappa shape index (κ1) is 18.1. The molecule has 1 fully saturated rings. The van der Waals surface area contributed by atoms with Gasteiger partial charge in [0.05, 0.1) is 10.8 Å². The Kier molecular flexibility index (Phi) is 5.70. The van der Waals surface area contributed by atoms with Gasteiger partial charge in [-0.3, -0.25) is 9.59 Å². The van der Waals surface area contributed by atoms with Crippen molar-refractivity contribution in [3.8, 4) is 6.07 Å². The number of sulfonamides is 1. The van der Waals surface area contributed by atoms with Gasteiger partial charge in [-0.2, -0.15) is 9.57 Å². The monoisotopic (exact) mass is 350 g/mol.